The molecule has 0 N–H and O–H groups in total. The fourth-order valence-corrected chi connectivity index (χ4v) is 5.84. The summed E-state index contributed by atoms with van der Waals surface area (Å²) in [6, 6.07) is 10.8. The SMILES string of the molecule is Cc1cc(OC(=O)[C@@H]2CC(=O)N(c3c(C)cccc3C)C2)ccc1N1C(=O)[C@@H]2[C@@H](C)C=CC[C@H]2C1=O. The van der Waals surface area contributed by atoms with E-state index in [2.05, 4.69) is 0 Å². The lowest BCUT2D eigenvalue weighted by Gasteiger charge is -2.22. The number of benzene rings is 2. The number of carbonyl (C=O) groups excluding carboxylic acids is 4. The summed E-state index contributed by atoms with van der Waals surface area (Å²) in [7, 11) is 0. The van der Waals surface area contributed by atoms with E-state index in [-0.39, 0.29) is 48.4 Å². The van der Waals surface area contributed by atoms with Crippen molar-refractivity contribution in [2.45, 2.75) is 40.5 Å². The molecule has 7 nitrogen and oxygen atoms in total. The minimum atomic E-state index is -0.574. The largest absolute Gasteiger partial charge is 0.426 e. The normalized spacial score (nSPS) is 25.5. The van der Waals surface area contributed by atoms with Crippen molar-refractivity contribution in [2.75, 3.05) is 16.3 Å². The number of amides is 3. The first-order valence-electron chi connectivity index (χ1n) is 12.4. The molecule has 0 unspecified atom stereocenters. The summed E-state index contributed by atoms with van der Waals surface area (Å²) in [6.07, 6.45) is 4.64. The highest BCUT2D eigenvalue weighted by atomic mass is 16.5. The molecule has 1 aliphatic carbocycles. The van der Waals surface area contributed by atoms with Crippen LogP contribution in [0, 0.1) is 44.4 Å². The molecule has 3 aliphatic rings. The molecule has 36 heavy (non-hydrogen) atoms. The number of allylic oxidation sites excluding steroid dienone is 2. The minimum Gasteiger partial charge on any atom is -0.426 e. The van der Waals surface area contributed by atoms with Crippen LogP contribution in [0.2, 0.25) is 0 Å². The summed E-state index contributed by atoms with van der Waals surface area (Å²) in [5.74, 6) is -1.81. The molecule has 0 saturated carbocycles. The second kappa shape index (κ2) is 9.04. The Hall–Kier alpha value is -3.74. The Balaban J connectivity index is 1.30. The Bertz CT molecular complexity index is 1290. The third-order valence-corrected chi connectivity index (χ3v) is 7.67. The van der Waals surface area contributed by atoms with Crippen molar-refractivity contribution in [1.29, 1.82) is 0 Å². The molecule has 2 heterocycles. The molecular weight excluding hydrogens is 456 g/mol. The van der Waals surface area contributed by atoms with Crippen molar-refractivity contribution in [2.24, 2.45) is 23.7 Å². The summed E-state index contributed by atoms with van der Waals surface area (Å²) < 4.78 is 5.64. The number of carbonyl (C=O) groups is 4. The number of esters is 1. The van der Waals surface area contributed by atoms with Gasteiger partial charge in [0.1, 0.15) is 5.75 Å². The molecule has 0 radical (unpaired) electrons. The smallest absolute Gasteiger partial charge is 0.316 e. The van der Waals surface area contributed by atoms with Gasteiger partial charge >= 0.3 is 5.97 Å². The lowest BCUT2D eigenvalue weighted by molar-refractivity contribution is -0.139. The van der Waals surface area contributed by atoms with E-state index in [9.17, 15) is 19.2 Å². The van der Waals surface area contributed by atoms with Gasteiger partial charge in [-0.2, -0.15) is 0 Å². The van der Waals surface area contributed by atoms with Gasteiger partial charge in [0.25, 0.3) is 0 Å². The van der Waals surface area contributed by atoms with E-state index >= 15 is 0 Å². The Morgan fingerprint density at radius 3 is 2.36 bits per heavy atom. The fourth-order valence-electron chi connectivity index (χ4n) is 5.84. The van der Waals surface area contributed by atoms with Crippen molar-refractivity contribution >= 4 is 35.1 Å². The van der Waals surface area contributed by atoms with Crippen LogP contribution in [-0.2, 0) is 19.2 Å². The quantitative estimate of drug-likeness (QED) is 0.279. The topological polar surface area (TPSA) is 84.0 Å². The van der Waals surface area contributed by atoms with Crippen LogP contribution >= 0.6 is 0 Å². The lowest BCUT2D eigenvalue weighted by atomic mass is 9.78. The van der Waals surface area contributed by atoms with Gasteiger partial charge in [0.2, 0.25) is 17.7 Å². The van der Waals surface area contributed by atoms with Crippen LogP contribution < -0.4 is 14.5 Å². The standard InChI is InChI=1S/C29H30N2O5/c1-16-7-6-10-22-25(16)28(34)31(27(22)33)23-12-11-21(13-19(23)4)36-29(35)20-14-24(32)30(15-20)26-17(2)8-5-9-18(26)3/h5-9,11-13,16,20,22,25H,10,14-15H2,1-4H3/t16-,20+,22+,25+/m0/s1. The Morgan fingerprint density at radius 1 is 0.972 bits per heavy atom. The van der Waals surface area contributed by atoms with Gasteiger partial charge in [0, 0.05) is 18.7 Å². The molecule has 0 aromatic heterocycles. The number of para-hydroxylation sites is 1. The summed E-state index contributed by atoms with van der Waals surface area (Å²) >= 11 is 0. The number of imide groups is 1. The van der Waals surface area contributed by atoms with Gasteiger partial charge in [-0.15, -0.1) is 0 Å². The van der Waals surface area contributed by atoms with Crippen molar-refractivity contribution in [3.05, 3.63) is 65.2 Å². The predicted octanol–water partition coefficient (Wildman–Crippen LogP) is 4.27. The maximum atomic E-state index is 13.1. The average molecular weight is 487 g/mol. The summed E-state index contributed by atoms with van der Waals surface area (Å²) in [5, 5.41) is 0. The van der Waals surface area contributed by atoms with E-state index in [0.717, 1.165) is 16.8 Å². The van der Waals surface area contributed by atoms with E-state index in [1.165, 1.54) is 4.90 Å². The molecule has 5 rings (SSSR count). The zero-order valence-electron chi connectivity index (χ0n) is 21.0. The van der Waals surface area contributed by atoms with Gasteiger partial charge in [-0.25, -0.2) is 4.90 Å². The number of fused-ring (bicyclic) bond motifs is 1. The molecule has 4 atom stereocenters. The first-order chi connectivity index (χ1) is 17.2. The molecule has 3 amide bonds. The Morgan fingerprint density at radius 2 is 1.69 bits per heavy atom. The number of rotatable bonds is 4. The van der Waals surface area contributed by atoms with Gasteiger partial charge < -0.3 is 9.64 Å². The van der Waals surface area contributed by atoms with Crippen LogP contribution in [0.25, 0.3) is 0 Å². The highest BCUT2D eigenvalue weighted by Gasteiger charge is 2.50. The third-order valence-electron chi connectivity index (χ3n) is 7.67. The second-order valence-electron chi connectivity index (χ2n) is 10.2. The molecule has 2 aromatic carbocycles. The van der Waals surface area contributed by atoms with Crippen molar-refractivity contribution in [3.63, 3.8) is 0 Å². The van der Waals surface area contributed by atoms with Gasteiger partial charge in [-0.05, 0) is 68.0 Å². The van der Waals surface area contributed by atoms with Crippen LogP contribution in [0.15, 0.2) is 48.6 Å². The molecule has 2 aromatic rings. The third kappa shape index (κ3) is 3.92. The average Bonchev–Trinajstić information content (AvgIpc) is 3.32. The summed E-state index contributed by atoms with van der Waals surface area (Å²) in [4.78, 5) is 54.8. The Labute approximate surface area is 210 Å². The molecular formula is C29H30N2O5. The molecule has 2 saturated heterocycles. The van der Waals surface area contributed by atoms with E-state index in [1.807, 2.05) is 51.1 Å². The maximum Gasteiger partial charge on any atom is 0.316 e. The number of hydrogen-bond donors (Lipinski definition) is 0. The predicted molar refractivity (Wildman–Crippen MR) is 136 cm³/mol. The van der Waals surface area contributed by atoms with Crippen molar-refractivity contribution in [1.82, 2.24) is 0 Å². The first-order valence-corrected chi connectivity index (χ1v) is 12.4. The number of aryl methyl sites for hydroxylation is 3. The highest BCUT2D eigenvalue weighted by molar-refractivity contribution is 6.22. The number of nitrogens with zero attached hydrogens (tertiary/aromatic N) is 2. The van der Waals surface area contributed by atoms with Crippen LogP contribution in [0.3, 0.4) is 0 Å². The van der Waals surface area contributed by atoms with E-state index < -0.39 is 11.9 Å². The van der Waals surface area contributed by atoms with Gasteiger partial charge in [-0.3, -0.25) is 19.2 Å². The van der Waals surface area contributed by atoms with E-state index in [0.29, 0.717) is 23.4 Å². The van der Waals surface area contributed by atoms with Crippen LogP contribution in [0.1, 0.15) is 36.5 Å². The highest BCUT2D eigenvalue weighted by Crippen LogP contribution is 2.41. The Kier molecular flexibility index (Phi) is 6.02. The van der Waals surface area contributed by atoms with Gasteiger partial charge in [-0.1, -0.05) is 37.3 Å². The van der Waals surface area contributed by atoms with Gasteiger partial charge in [0.05, 0.1) is 23.4 Å². The number of anilines is 2. The van der Waals surface area contributed by atoms with E-state index in [1.54, 1.807) is 30.0 Å². The molecule has 0 spiro atoms. The van der Waals surface area contributed by atoms with Gasteiger partial charge in [0.15, 0.2) is 0 Å². The lowest BCUT2D eigenvalue weighted by Crippen LogP contribution is -2.32. The second-order valence-corrected chi connectivity index (χ2v) is 10.2. The van der Waals surface area contributed by atoms with Crippen LogP contribution in [0.5, 0.6) is 5.75 Å². The van der Waals surface area contributed by atoms with Crippen LogP contribution in [0.4, 0.5) is 11.4 Å². The van der Waals surface area contributed by atoms with Crippen LogP contribution in [-0.4, -0.2) is 30.2 Å². The molecule has 2 fully saturated rings. The minimum absolute atomic E-state index is 0.0166. The zero-order chi connectivity index (χ0) is 25.7. The van der Waals surface area contributed by atoms with E-state index in [4.69, 9.17) is 4.74 Å². The maximum absolute atomic E-state index is 13.1. The summed E-state index contributed by atoms with van der Waals surface area (Å²) in [5.41, 5.74) is 4.01. The summed E-state index contributed by atoms with van der Waals surface area (Å²) in [6.45, 7) is 7.93. The van der Waals surface area contributed by atoms with Crippen molar-refractivity contribution in [3.8, 4) is 5.75 Å². The van der Waals surface area contributed by atoms with Crippen molar-refractivity contribution < 1.29 is 23.9 Å². The molecule has 186 valence electrons. The fraction of sp³-hybridized carbons (Fsp3) is 0.379. The molecule has 2 aliphatic heterocycles. The number of hydrogen-bond acceptors (Lipinski definition) is 5. The molecule has 0 bridgehead atoms. The zero-order valence-corrected chi connectivity index (χ0v) is 21.0. The number of ether oxygens (including phenoxy) is 1. The first kappa shape index (κ1) is 24.0. The monoisotopic (exact) mass is 486 g/mol. The molecule has 7 heteroatoms.